The number of hydrogen-bond donors (Lipinski definition) is 1. The number of carbonyl (C=O) groups is 2. The van der Waals surface area contributed by atoms with E-state index in [0.29, 0.717) is 37.2 Å². The maximum absolute atomic E-state index is 14.4. The van der Waals surface area contributed by atoms with Crippen LogP contribution in [-0.4, -0.2) is 67.4 Å². The lowest BCUT2D eigenvalue weighted by atomic mass is 9.68. The first-order valence-electron chi connectivity index (χ1n) is 18.0. The minimum atomic E-state index is -3.59. The van der Waals surface area contributed by atoms with E-state index in [0.717, 1.165) is 49.4 Å². The smallest absolute Gasteiger partial charge is 0.345 e. The molecule has 1 N–H and O–H groups in total. The van der Waals surface area contributed by atoms with Crippen molar-refractivity contribution < 1.29 is 36.8 Å². The average Bonchev–Trinajstić information content (AvgIpc) is 3.19. The minimum absolute atomic E-state index is 0.0612. The van der Waals surface area contributed by atoms with Gasteiger partial charge in [0.05, 0.1) is 30.3 Å². The molecule has 2 aromatic carbocycles. The van der Waals surface area contributed by atoms with Crippen LogP contribution in [0, 0.1) is 23.7 Å². The molecule has 5 aliphatic rings. The van der Waals surface area contributed by atoms with Crippen molar-refractivity contribution in [1.82, 2.24) is 4.72 Å². The van der Waals surface area contributed by atoms with Crippen molar-refractivity contribution in [1.29, 1.82) is 0 Å². The molecule has 2 heterocycles. The minimum Gasteiger partial charge on any atom is -0.490 e. The second-order valence-corrected chi connectivity index (χ2v) is 17.6. The molecule has 6 atom stereocenters. The molecule has 1 unspecified atom stereocenters. The van der Waals surface area contributed by atoms with Gasteiger partial charge in [-0.15, -0.1) is 4.36 Å². The van der Waals surface area contributed by atoms with E-state index in [1.807, 2.05) is 19.1 Å². The molecule has 1 spiro atoms. The number of amides is 2. The van der Waals surface area contributed by atoms with Gasteiger partial charge in [-0.3, -0.25) is 14.3 Å². The molecule has 2 saturated carbocycles. The van der Waals surface area contributed by atoms with Crippen molar-refractivity contribution in [3.05, 3.63) is 70.3 Å². The monoisotopic (exact) mass is 745 g/mol. The topological polar surface area (TPSA) is 107 Å². The number of rotatable bonds is 5. The Kier molecular flexibility index (Phi) is 10.5. The molecule has 0 radical (unpaired) electrons. The summed E-state index contributed by atoms with van der Waals surface area (Å²) in [6, 6.07) is 11.4. The largest absolute Gasteiger partial charge is 0.490 e. The maximum atomic E-state index is 14.4. The van der Waals surface area contributed by atoms with Crippen LogP contribution >= 0.6 is 11.6 Å². The van der Waals surface area contributed by atoms with Crippen molar-refractivity contribution in [3.63, 3.8) is 0 Å². The number of aryl methyl sites for hydroxylation is 1. The van der Waals surface area contributed by atoms with Gasteiger partial charge in [0.2, 0.25) is 5.91 Å². The van der Waals surface area contributed by atoms with Crippen LogP contribution in [0.15, 0.2) is 52.9 Å². The highest BCUT2D eigenvalue weighted by Gasteiger charge is 2.45. The predicted octanol–water partition coefficient (Wildman–Crippen LogP) is 7.11. The Bertz CT molecular complexity index is 1810. The average molecular weight is 746 g/mol. The van der Waals surface area contributed by atoms with E-state index in [-0.39, 0.29) is 41.6 Å². The number of ether oxygens (including phenoxy) is 3. The summed E-state index contributed by atoms with van der Waals surface area (Å²) in [5.41, 5.74) is 3.21. The molecular formula is C38H46ClF2N3O6S. The number of halogens is 3. The number of carbonyl (C=O) groups excluding carboxylic acids is 2. The van der Waals surface area contributed by atoms with Crippen LogP contribution in [0.5, 0.6) is 5.75 Å². The third kappa shape index (κ3) is 7.70. The van der Waals surface area contributed by atoms with E-state index in [1.54, 1.807) is 25.3 Å². The van der Waals surface area contributed by atoms with E-state index >= 15 is 0 Å². The zero-order valence-corrected chi connectivity index (χ0v) is 30.6. The van der Waals surface area contributed by atoms with Gasteiger partial charge in [-0.25, -0.2) is 4.21 Å². The molecule has 13 heteroatoms. The van der Waals surface area contributed by atoms with Crippen molar-refractivity contribution in [2.45, 2.75) is 82.5 Å². The molecule has 0 saturated heterocycles. The molecule has 2 bridgehead atoms. The predicted molar refractivity (Wildman–Crippen MR) is 192 cm³/mol. The van der Waals surface area contributed by atoms with Crippen molar-refractivity contribution in [2.75, 3.05) is 37.5 Å². The Hall–Kier alpha value is -3.06. The Labute approximate surface area is 303 Å². The molecule has 2 fully saturated rings. The molecular weight excluding hydrogens is 700 g/mol. The van der Waals surface area contributed by atoms with Gasteiger partial charge in [-0.05, 0) is 111 Å². The highest BCUT2D eigenvalue weighted by molar-refractivity contribution is 7.92. The summed E-state index contributed by atoms with van der Waals surface area (Å²) in [5.74, 6) is -0.883. The zero-order valence-electron chi connectivity index (χ0n) is 29.0. The van der Waals surface area contributed by atoms with E-state index in [2.05, 4.69) is 36.9 Å². The second kappa shape index (κ2) is 14.8. The molecule has 2 amide bonds. The van der Waals surface area contributed by atoms with Gasteiger partial charge in [0.15, 0.2) is 0 Å². The number of fused-ring (bicyclic) bond motifs is 4. The first-order valence-corrected chi connectivity index (χ1v) is 20.0. The highest BCUT2D eigenvalue weighted by Crippen LogP contribution is 2.47. The van der Waals surface area contributed by atoms with Gasteiger partial charge in [0.25, 0.3) is 5.91 Å². The zero-order chi connectivity index (χ0) is 35.9. The Morgan fingerprint density at radius 2 is 2.02 bits per heavy atom. The fraction of sp³-hybridized carbons (Fsp3) is 0.579. The van der Waals surface area contributed by atoms with Crippen molar-refractivity contribution in [3.8, 4) is 5.75 Å². The maximum Gasteiger partial charge on any atom is 0.345 e. The molecule has 276 valence electrons. The quantitative estimate of drug-likeness (QED) is 0.326. The van der Waals surface area contributed by atoms with Crippen LogP contribution in [0.25, 0.3) is 0 Å². The van der Waals surface area contributed by atoms with Gasteiger partial charge in [-0.2, -0.15) is 8.78 Å². The summed E-state index contributed by atoms with van der Waals surface area (Å²) < 4.78 is 63.6. The Balaban J connectivity index is 1.25. The lowest BCUT2D eigenvalue weighted by Crippen LogP contribution is -2.49. The van der Waals surface area contributed by atoms with Crippen LogP contribution in [0.2, 0.25) is 5.02 Å². The lowest BCUT2D eigenvalue weighted by molar-refractivity contribution is -0.192. The SMILES string of the molecule is CO[C@H]1/C=C\C[C@H](C)CS(=O)(NC(=O)C2CC(OC(F)F)C2)=NC(=O)c2ccc3c(c2)N(C[C@@H]2CC[C@H]21)C[C@@]1(CCCc2cc(Cl)ccc21)CO3. The van der Waals surface area contributed by atoms with Gasteiger partial charge in [0.1, 0.15) is 15.7 Å². The fourth-order valence-electron chi connectivity index (χ4n) is 8.64. The molecule has 0 aromatic heterocycles. The third-order valence-electron chi connectivity index (χ3n) is 11.5. The van der Waals surface area contributed by atoms with E-state index in [9.17, 15) is 22.6 Å². The van der Waals surface area contributed by atoms with Gasteiger partial charge >= 0.3 is 6.61 Å². The van der Waals surface area contributed by atoms with Crippen LogP contribution in [0.1, 0.15) is 73.4 Å². The summed E-state index contributed by atoms with van der Waals surface area (Å²) in [6.45, 7) is 0.872. The number of hydrogen-bond acceptors (Lipinski definition) is 7. The van der Waals surface area contributed by atoms with Crippen molar-refractivity contribution in [2.24, 2.45) is 28.0 Å². The third-order valence-corrected chi connectivity index (χ3v) is 13.8. The number of alkyl halides is 2. The normalized spacial score (nSPS) is 34.2. The Morgan fingerprint density at radius 1 is 1.20 bits per heavy atom. The van der Waals surface area contributed by atoms with Crippen LogP contribution < -0.4 is 14.4 Å². The summed E-state index contributed by atoms with van der Waals surface area (Å²) in [7, 11) is -1.85. The van der Waals surface area contributed by atoms with Crippen molar-refractivity contribution >= 4 is 39.0 Å². The van der Waals surface area contributed by atoms with Crippen LogP contribution in [0.3, 0.4) is 0 Å². The number of benzene rings is 2. The van der Waals surface area contributed by atoms with E-state index < -0.39 is 40.4 Å². The van der Waals surface area contributed by atoms with E-state index in [1.165, 1.54) is 11.1 Å². The summed E-state index contributed by atoms with van der Waals surface area (Å²) >= 11 is 6.44. The first-order chi connectivity index (χ1) is 24.4. The molecule has 2 aliphatic heterocycles. The van der Waals surface area contributed by atoms with Gasteiger partial charge < -0.3 is 19.1 Å². The van der Waals surface area contributed by atoms with Crippen LogP contribution in [0.4, 0.5) is 14.5 Å². The highest BCUT2D eigenvalue weighted by atomic mass is 35.5. The number of allylic oxidation sites excluding steroid dienone is 1. The second-order valence-electron chi connectivity index (χ2n) is 15.1. The van der Waals surface area contributed by atoms with Crippen LogP contribution in [-0.2, 0) is 36.0 Å². The first kappa shape index (κ1) is 36.3. The molecule has 51 heavy (non-hydrogen) atoms. The van der Waals surface area contributed by atoms with Gasteiger partial charge in [0, 0.05) is 42.1 Å². The van der Waals surface area contributed by atoms with Gasteiger partial charge in [-0.1, -0.05) is 36.7 Å². The summed E-state index contributed by atoms with van der Waals surface area (Å²) in [5, 5.41) is 0.719. The summed E-state index contributed by atoms with van der Waals surface area (Å²) in [4.78, 5) is 29.5. The summed E-state index contributed by atoms with van der Waals surface area (Å²) in [6.07, 6.45) is 8.98. The molecule has 2 aromatic rings. The number of anilines is 1. The molecule has 3 aliphatic carbocycles. The number of methoxy groups -OCH3 is 1. The fourth-order valence-corrected chi connectivity index (χ4v) is 10.8. The standard InChI is InChI=1S/C38H46ClF2N3O6S/c1-23-5-3-7-33(48-2)30-11-8-26(30)19-44-21-38(14-4-6-24-15-28(39)10-12-31(24)38)22-49-34-13-9-25(18-32(34)44)35(45)42-51(47,20-23)43-36(46)27-16-29(17-27)50-37(40)41/h3,7,9-10,12-13,15,18,23,26-27,29-30,33,37H,4-6,8,11,14,16-17,19-22H2,1-2H3,(H,42,43,45,46,47)/b7-3-/t23-,26-,27?,29?,30+,33-,38-,51?/m0/s1. The lowest BCUT2D eigenvalue weighted by Gasteiger charge is -2.46. The Morgan fingerprint density at radius 3 is 2.76 bits per heavy atom. The molecule has 7 rings (SSSR count). The molecule has 9 nitrogen and oxygen atoms in total. The number of nitrogens with zero attached hydrogens (tertiary/aromatic N) is 2. The number of nitrogens with one attached hydrogen (secondary N) is 1. The van der Waals surface area contributed by atoms with E-state index in [4.69, 9.17) is 21.1 Å².